The molecule has 0 aliphatic rings. The van der Waals surface area contributed by atoms with E-state index in [1.165, 1.54) is 4.90 Å². The molecule has 0 fully saturated rings. The first-order valence-corrected chi connectivity index (χ1v) is 8.33. The fraction of sp³-hybridized carbons (Fsp3) is 0.529. The molecule has 1 aromatic carbocycles. The van der Waals surface area contributed by atoms with Crippen LogP contribution in [-0.2, 0) is 4.79 Å². The van der Waals surface area contributed by atoms with Crippen molar-refractivity contribution in [1.82, 2.24) is 15.5 Å². The Bertz CT molecular complexity index is 537. The van der Waals surface area contributed by atoms with Crippen LogP contribution in [-0.4, -0.2) is 44.0 Å². The first-order valence-electron chi connectivity index (χ1n) is 7.95. The van der Waals surface area contributed by atoms with Crippen molar-refractivity contribution >= 4 is 47.4 Å². The molecule has 2 N–H and O–H groups in total. The number of halogens is 2. The summed E-state index contributed by atoms with van der Waals surface area (Å²) >= 11 is 6.24. The molecule has 0 bridgehead atoms. The maximum Gasteiger partial charge on any atom is 0.243 e. The van der Waals surface area contributed by atoms with Crippen LogP contribution < -0.4 is 10.6 Å². The lowest BCUT2D eigenvalue weighted by molar-refractivity contribution is -0.127. The number of amides is 1. The summed E-state index contributed by atoms with van der Waals surface area (Å²) < 4.78 is 0. The van der Waals surface area contributed by atoms with Crippen molar-refractivity contribution in [3.05, 3.63) is 34.9 Å². The second-order valence-electron chi connectivity index (χ2n) is 5.62. The lowest BCUT2D eigenvalue weighted by Crippen LogP contribution is -2.40. The second-order valence-corrected chi connectivity index (χ2v) is 6.03. The van der Waals surface area contributed by atoms with Gasteiger partial charge in [0.25, 0.3) is 0 Å². The highest BCUT2D eigenvalue weighted by molar-refractivity contribution is 14.0. The van der Waals surface area contributed by atoms with E-state index in [1.807, 2.05) is 31.2 Å². The van der Waals surface area contributed by atoms with Crippen molar-refractivity contribution < 1.29 is 4.79 Å². The highest BCUT2D eigenvalue weighted by Crippen LogP contribution is 2.21. The summed E-state index contributed by atoms with van der Waals surface area (Å²) in [6.45, 7) is 5.08. The van der Waals surface area contributed by atoms with E-state index in [4.69, 9.17) is 11.6 Å². The van der Waals surface area contributed by atoms with E-state index in [9.17, 15) is 4.79 Å². The molecule has 1 unspecified atom stereocenters. The Morgan fingerprint density at radius 1 is 1.33 bits per heavy atom. The van der Waals surface area contributed by atoms with E-state index >= 15 is 0 Å². The number of unbranched alkanes of at least 4 members (excludes halogenated alkanes) is 1. The zero-order chi connectivity index (χ0) is 17.2. The minimum atomic E-state index is -0.0352. The predicted molar refractivity (Wildman–Crippen MR) is 112 cm³/mol. The van der Waals surface area contributed by atoms with E-state index in [-0.39, 0.29) is 42.5 Å². The normalized spacial score (nSPS) is 12.1. The molecular weight excluding hydrogens is 439 g/mol. The standard InChI is InChI=1S/C17H27ClN4O.HI/c1-5-6-11-19-17(20-12-16(23)22(3)4)21-13(2)14-9-7-8-10-15(14)18;/h7-10,13H,5-6,11-12H2,1-4H3,(H2,19,20,21);1H. The number of nitrogens with one attached hydrogen (secondary N) is 2. The summed E-state index contributed by atoms with van der Waals surface area (Å²) in [5.41, 5.74) is 0.998. The number of rotatable bonds is 7. The zero-order valence-corrected chi connectivity index (χ0v) is 17.9. The summed E-state index contributed by atoms with van der Waals surface area (Å²) in [5, 5.41) is 7.28. The van der Waals surface area contributed by atoms with Gasteiger partial charge in [-0.25, -0.2) is 4.99 Å². The Balaban J connectivity index is 0.00000529. The largest absolute Gasteiger partial charge is 0.356 e. The quantitative estimate of drug-likeness (QED) is 0.280. The van der Waals surface area contributed by atoms with Gasteiger partial charge >= 0.3 is 0 Å². The van der Waals surface area contributed by atoms with Crippen molar-refractivity contribution in [1.29, 1.82) is 0 Å². The van der Waals surface area contributed by atoms with Gasteiger partial charge in [-0.15, -0.1) is 24.0 Å². The first kappa shape index (κ1) is 23.0. The van der Waals surface area contributed by atoms with Crippen molar-refractivity contribution in [2.45, 2.75) is 32.7 Å². The van der Waals surface area contributed by atoms with Gasteiger partial charge in [-0.3, -0.25) is 4.79 Å². The van der Waals surface area contributed by atoms with Crippen LogP contribution in [0.4, 0.5) is 0 Å². The lowest BCUT2D eigenvalue weighted by Gasteiger charge is -2.20. The summed E-state index contributed by atoms with van der Waals surface area (Å²) in [6, 6.07) is 7.70. The number of benzene rings is 1. The number of carbonyl (C=O) groups excluding carboxylic acids is 1. The molecule has 0 aliphatic heterocycles. The SMILES string of the molecule is CCCCNC(=NCC(=O)N(C)C)NC(C)c1ccccc1Cl.I. The van der Waals surface area contributed by atoms with Crippen LogP contribution in [0.25, 0.3) is 0 Å². The average Bonchev–Trinajstić information content (AvgIpc) is 2.52. The molecule has 5 nitrogen and oxygen atoms in total. The summed E-state index contributed by atoms with van der Waals surface area (Å²) in [7, 11) is 3.45. The van der Waals surface area contributed by atoms with E-state index in [0.717, 1.165) is 24.9 Å². The fourth-order valence-electron chi connectivity index (χ4n) is 1.93. The monoisotopic (exact) mass is 466 g/mol. The van der Waals surface area contributed by atoms with Gasteiger partial charge < -0.3 is 15.5 Å². The number of hydrogen-bond donors (Lipinski definition) is 2. The van der Waals surface area contributed by atoms with E-state index in [2.05, 4.69) is 22.5 Å². The summed E-state index contributed by atoms with van der Waals surface area (Å²) in [5.74, 6) is 0.591. The van der Waals surface area contributed by atoms with Crippen LogP contribution in [0.15, 0.2) is 29.3 Å². The van der Waals surface area contributed by atoms with Crippen LogP contribution >= 0.6 is 35.6 Å². The molecule has 7 heteroatoms. The third-order valence-electron chi connectivity index (χ3n) is 3.42. The smallest absolute Gasteiger partial charge is 0.243 e. The first-order chi connectivity index (χ1) is 11.0. The minimum Gasteiger partial charge on any atom is -0.356 e. The van der Waals surface area contributed by atoms with E-state index < -0.39 is 0 Å². The summed E-state index contributed by atoms with van der Waals surface area (Å²) in [4.78, 5) is 17.6. The molecule has 1 rings (SSSR count). The molecule has 0 radical (unpaired) electrons. The van der Waals surface area contributed by atoms with Gasteiger partial charge in [-0.05, 0) is 25.0 Å². The van der Waals surface area contributed by atoms with Gasteiger partial charge in [0.15, 0.2) is 5.96 Å². The van der Waals surface area contributed by atoms with Crippen LogP contribution in [0.2, 0.25) is 5.02 Å². The Hall–Kier alpha value is -1.02. The fourth-order valence-corrected chi connectivity index (χ4v) is 2.23. The predicted octanol–water partition coefficient (Wildman–Crippen LogP) is 3.44. The van der Waals surface area contributed by atoms with Gasteiger partial charge in [0.2, 0.25) is 5.91 Å². The van der Waals surface area contributed by atoms with Crippen LogP contribution in [0, 0.1) is 0 Å². The van der Waals surface area contributed by atoms with Crippen molar-refractivity contribution in [3.8, 4) is 0 Å². The maximum atomic E-state index is 11.7. The summed E-state index contributed by atoms with van der Waals surface area (Å²) in [6.07, 6.45) is 2.14. The number of nitrogens with zero attached hydrogens (tertiary/aromatic N) is 2. The molecule has 0 heterocycles. The molecule has 136 valence electrons. The van der Waals surface area contributed by atoms with Crippen molar-refractivity contribution in [2.24, 2.45) is 4.99 Å². The molecule has 0 aliphatic carbocycles. The van der Waals surface area contributed by atoms with E-state index in [0.29, 0.717) is 11.0 Å². The number of guanidine groups is 1. The molecule has 1 aromatic rings. The molecule has 1 atom stereocenters. The number of carbonyl (C=O) groups is 1. The molecular formula is C17H28ClIN4O. The molecule has 24 heavy (non-hydrogen) atoms. The highest BCUT2D eigenvalue weighted by Gasteiger charge is 2.11. The zero-order valence-electron chi connectivity index (χ0n) is 14.8. The number of aliphatic imine (C=N–C) groups is 1. The van der Waals surface area contributed by atoms with Gasteiger partial charge in [0, 0.05) is 25.7 Å². The molecule has 0 aromatic heterocycles. The average molecular weight is 467 g/mol. The van der Waals surface area contributed by atoms with Crippen LogP contribution in [0.3, 0.4) is 0 Å². The Morgan fingerprint density at radius 2 is 2.00 bits per heavy atom. The van der Waals surface area contributed by atoms with Gasteiger partial charge in [-0.2, -0.15) is 0 Å². The van der Waals surface area contributed by atoms with Gasteiger partial charge in [-0.1, -0.05) is 43.1 Å². The Kier molecular flexibility index (Phi) is 11.8. The Labute approximate surface area is 167 Å². The lowest BCUT2D eigenvalue weighted by atomic mass is 10.1. The molecule has 0 saturated heterocycles. The van der Waals surface area contributed by atoms with E-state index in [1.54, 1.807) is 14.1 Å². The van der Waals surface area contributed by atoms with Crippen molar-refractivity contribution in [2.75, 3.05) is 27.2 Å². The minimum absolute atomic E-state index is 0. The second kappa shape index (κ2) is 12.4. The number of hydrogen-bond acceptors (Lipinski definition) is 2. The maximum absolute atomic E-state index is 11.7. The Morgan fingerprint density at radius 3 is 2.58 bits per heavy atom. The molecule has 0 spiro atoms. The molecule has 1 amide bonds. The van der Waals surface area contributed by atoms with Crippen LogP contribution in [0.5, 0.6) is 0 Å². The van der Waals surface area contributed by atoms with Crippen LogP contribution in [0.1, 0.15) is 38.3 Å². The highest BCUT2D eigenvalue weighted by atomic mass is 127. The molecule has 0 saturated carbocycles. The third-order valence-corrected chi connectivity index (χ3v) is 3.76. The van der Waals surface area contributed by atoms with Crippen molar-refractivity contribution in [3.63, 3.8) is 0 Å². The third kappa shape index (κ3) is 8.19. The van der Waals surface area contributed by atoms with Gasteiger partial charge in [0.05, 0.1) is 6.04 Å². The topological polar surface area (TPSA) is 56.7 Å². The number of likely N-dealkylation sites (N-methyl/N-ethyl adjacent to an activating group) is 1. The van der Waals surface area contributed by atoms with Gasteiger partial charge in [0.1, 0.15) is 6.54 Å².